The quantitative estimate of drug-likeness (QED) is 0.342. The van der Waals surface area contributed by atoms with Crippen LogP contribution in [0.2, 0.25) is 0 Å². The highest BCUT2D eigenvalue weighted by atomic mass is 16.5. The van der Waals surface area contributed by atoms with E-state index in [1.807, 2.05) is 32.9 Å². The number of aliphatic hydroxyl groups excluding tert-OH is 2. The first kappa shape index (κ1) is 27.4. The third kappa shape index (κ3) is 5.74. The number of carbonyl (C=O) groups excluding carboxylic acids is 1. The second kappa shape index (κ2) is 11.4. The maximum absolute atomic E-state index is 13.2. The molecular formula is C25H33N7O6. The van der Waals surface area contributed by atoms with Gasteiger partial charge in [0, 0.05) is 24.4 Å². The normalized spacial score (nSPS) is 20.1. The Kier molecular flexibility index (Phi) is 8.19. The lowest BCUT2D eigenvalue weighted by atomic mass is 10.0. The zero-order valence-corrected chi connectivity index (χ0v) is 21.8. The molecule has 0 aromatic carbocycles. The van der Waals surface area contributed by atoms with Gasteiger partial charge in [0.15, 0.2) is 0 Å². The Labute approximate surface area is 218 Å². The Bertz CT molecular complexity index is 1410. The highest BCUT2D eigenvalue weighted by Crippen LogP contribution is 2.27. The van der Waals surface area contributed by atoms with Crippen molar-refractivity contribution in [2.45, 2.75) is 71.7 Å². The van der Waals surface area contributed by atoms with Crippen molar-refractivity contribution in [3.05, 3.63) is 74.1 Å². The highest BCUT2D eigenvalue weighted by Gasteiger charge is 2.35. The molecule has 1 amide bonds. The summed E-state index contributed by atoms with van der Waals surface area (Å²) in [6.45, 7) is 7.00. The molecule has 13 heteroatoms. The number of aryl methyl sites for hydroxylation is 2. The minimum absolute atomic E-state index is 0.0994. The first-order valence-corrected chi connectivity index (χ1v) is 12.5. The van der Waals surface area contributed by atoms with Gasteiger partial charge < -0.3 is 20.3 Å². The van der Waals surface area contributed by atoms with Crippen LogP contribution in [0.4, 0.5) is 0 Å². The first-order chi connectivity index (χ1) is 18.1. The molecule has 1 unspecified atom stereocenters. The molecule has 204 valence electrons. The van der Waals surface area contributed by atoms with E-state index >= 15 is 0 Å². The van der Waals surface area contributed by atoms with Crippen LogP contribution in [0.15, 0.2) is 40.3 Å². The first-order valence-electron chi connectivity index (χ1n) is 12.5. The summed E-state index contributed by atoms with van der Waals surface area (Å²) < 4.78 is 9.29. The van der Waals surface area contributed by atoms with Crippen LogP contribution in [0.25, 0.3) is 0 Å². The number of rotatable bonds is 9. The molecule has 0 spiro atoms. The van der Waals surface area contributed by atoms with E-state index < -0.39 is 35.7 Å². The van der Waals surface area contributed by atoms with Crippen molar-refractivity contribution in [1.29, 1.82) is 0 Å². The third-order valence-electron chi connectivity index (χ3n) is 6.54. The van der Waals surface area contributed by atoms with Gasteiger partial charge in [-0.3, -0.25) is 23.7 Å². The zero-order chi connectivity index (χ0) is 27.6. The summed E-state index contributed by atoms with van der Waals surface area (Å²) in [5, 5.41) is 30.6. The molecule has 38 heavy (non-hydrogen) atoms. The lowest BCUT2D eigenvalue weighted by molar-refractivity contribution is -0.126. The van der Waals surface area contributed by atoms with Gasteiger partial charge in [0.05, 0.1) is 37.7 Å². The summed E-state index contributed by atoms with van der Waals surface area (Å²) in [7, 11) is 0. The number of aromatic nitrogens is 6. The predicted octanol–water partition coefficient (Wildman–Crippen LogP) is -0.184. The molecule has 3 aromatic heterocycles. The van der Waals surface area contributed by atoms with E-state index in [0.29, 0.717) is 11.3 Å². The molecule has 0 bridgehead atoms. The molecule has 0 radical (unpaired) electrons. The fourth-order valence-corrected chi connectivity index (χ4v) is 4.54. The Hall–Kier alpha value is -3.68. The number of carbonyl (C=O) groups is 1. The van der Waals surface area contributed by atoms with Crippen LogP contribution in [0, 0.1) is 19.8 Å². The Morgan fingerprint density at radius 3 is 2.66 bits per heavy atom. The molecule has 4 heterocycles. The topological polar surface area (TPSA) is 166 Å². The maximum atomic E-state index is 13.2. The van der Waals surface area contributed by atoms with Gasteiger partial charge in [-0.25, -0.2) is 9.48 Å². The van der Waals surface area contributed by atoms with E-state index in [1.165, 1.54) is 15.4 Å². The monoisotopic (exact) mass is 527 g/mol. The molecule has 1 fully saturated rings. The summed E-state index contributed by atoms with van der Waals surface area (Å²) in [4.78, 5) is 43.4. The number of nitrogens with zero attached hydrogens (tertiary/aromatic N) is 6. The van der Waals surface area contributed by atoms with Crippen LogP contribution in [0.5, 0.6) is 0 Å². The van der Waals surface area contributed by atoms with Crippen molar-refractivity contribution in [3.63, 3.8) is 0 Å². The van der Waals surface area contributed by atoms with Gasteiger partial charge in [0.1, 0.15) is 24.1 Å². The van der Waals surface area contributed by atoms with Crippen LogP contribution < -0.4 is 16.6 Å². The van der Waals surface area contributed by atoms with Crippen molar-refractivity contribution in [2.75, 3.05) is 6.61 Å². The Morgan fingerprint density at radius 1 is 1.24 bits per heavy atom. The number of nitrogens with one attached hydrogen (secondary N) is 1. The lowest BCUT2D eigenvalue weighted by Crippen LogP contribution is -2.42. The molecule has 3 aromatic rings. The van der Waals surface area contributed by atoms with E-state index in [9.17, 15) is 24.6 Å². The van der Waals surface area contributed by atoms with Crippen LogP contribution in [0.1, 0.15) is 55.1 Å². The SMILES string of the molecule is Cc1ccnc(CNC(=O)[C@H](C(C)C)n2cc(Cn3c(=O)c(C)cn([C@H]4CC(O)[C@@H](CO)O4)c3=O)nn2)c1. The van der Waals surface area contributed by atoms with Crippen LogP contribution in [-0.2, 0) is 22.6 Å². The van der Waals surface area contributed by atoms with Crippen LogP contribution in [-0.4, -0.2) is 64.0 Å². The molecule has 0 saturated carbocycles. The Balaban J connectivity index is 1.54. The van der Waals surface area contributed by atoms with Crippen molar-refractivity contribution in [2.24, 2.45) is 5.92 Å². The summed E-state index contributed by atoms with van der Waals surface area (Å²) in [6, 6.07) is 3.10. The molecule has 4 atom stereocenters. The number of pyridine rings is 1. The fraction of sp³-hybridized carbons (Fsp3) is 0.520. The molecule has 0 aliphatic carbocycles. The van der Waals surface area contributed by atoms with Gasteiger partial charge in [-0.15, -0.1) is 5.10 Å². The van der Waals surface area contributed by atoms with Gasteiger partial charge in [-0.1, -0.05) is 19.1 Å². The second-order valence-electron chi connectivity index (χ2n) is 9.93. The van der Waals surface area contributed by atoms with E-state index in [4.69, 9.17) is 4.74 Å². The van der Waals surface area contributed by atoms with Gasteiger partial charge in [0.25, 0.3) is 5.56 Å². The zero-order valence-electron chi connectivity index (χ0n) is 21.8. The summed E-state index contributed by atoms with van der Waals surface area (Å²) in [5.74, 6) is -0.385. The molecular weight excluding hydrogens is 494 g/mol. The summed E-state index contributed by atoms with van der Waals surface area (Å²) >= 11 is 0. The van der Waals surface area contributed by atoms with E-state index in [0.717, 1.165) is 15.8 Å². The molecule has 1 aliphatic rings. The molecule has 1 saturated heterocycles. The highest BCUT2D eigenvalue weighted by molar-refractivity contribution is 5.80. The number of hydrogen-bond acceptors (Lipinski definition) is 9. The van der Waals surface area contributed by atoms with E-state index in [2.05, 4.69) is 20.6 Å². The van der Waals surface area contributed by atoms with Crippen molar-refractivity contribution >= 4 is 5.91 Å². The minimum Gasteiger partial charge on any atom is -0.394 e. The standard InChI is InChI=1S/C25H33N7O6/c1-14(2)22(23(35)27-9-17-7-15(3)5-6-26-17)32-12-18(28-29-32)11-31-24(36)16(4)10-30(25(31)37)21-8-19(34)20(13-33)38-21/h5-7,10,12,14,19-22,33-34H,8-9,11,13H2,1-4H3,(H,27,35)/t19?,20-,21-,22+/m1/s1. The minimum atomic E-state index is -0.932. The summed E-state index contributed by atoms with van der Waals surface area (Å²) in [5.41, 5.74) is 1.25. The van der Waals surface area contributed by atoms with Gasteiger partial charge in [-0.2, -0.15) is 0 Å². The second-order valence-corrected chi connectivity index (χ2v) is 9.93. The molecule has 13 nitrogen and oxygen atoms in total. The van der Waals surface area contributed by atoms with Gasteiger partial charge in [0.2, 0.25) is 5.91 Å². The van der Waals surface area contributed by atoms with E-state index in [1.54, 1.807) is 19.3 Å². The largest absolute Gasteiger partial charge is 0.394 e. The van der Waals surface area contributed by atoms with Gasteiger partial charge in [-0.05, 0) is 37.5 Å². The van der Waals surface area contributed by atoms with E-state index in [-0.39, 0.29) is 37.9 Å². The number of hydrogen-bond donors (Lipinski definition) is 3. The smallest absolute Gasteiger partial charge is 0.333 e. The number of aliphatic hydroxyl groups is 2. The van der Waals surface area contributed by atoms with Crippen LogP contribution >= 0.6 is 0 Å². The number of amides is 1. The predicted molar refractivity (Wildman–Crippen MR) is 135 cm³/mol. The van der Waals surface area contributed by atoms with Gasteiger partial charge >= 0.3 is 5.69 Å². The average Bonchev–Trinajstić information content (AvgIpc) is 3.48. The van der Waals surface area contributed by atoms with Crippen molar-refractivity contribution < 1.29 is 19.7 Å². The molecule has 4 rings (SSSR count). The maximum Gasteiger partial charge on any atom is 0.333 e. The third-order valence-corrected chi connectivity index (χ3v) is 6.54. The number of ether oxygens (including phenoxy) is 1. The fourth-order valence-electron chi connectivity index (χ4n) is 4.54. The van der Waals surface area contributed by atoms with Crippen molar-refractivity contribution in [1.82, 2.24) is 34.4 Å². The summed E-state index contributed by atoms with van der Waals surface area (Å²) in [6.07, 6.45) is 2.15. The Morgan fingerprint density at radius 2 is 2.00 bits per heavy atom. The molecule has 1 aliphatic heterocycles. The molecule has 3 N–H and O–H groups in total. The van der Waals surface area contributed by atoms with Crippen molar-refractivity contribution in [3.8, 4) is 0 Å². The average molecular weight is 528 g/mol. The van der Waals surface area contributed by atoms with Crippen LogP contribution in [0.3, 0.4) is 0 Å². The lowest BCUT2D eigenvalue weighted by Gasteiger charge is -2.20.